The molecule has 1 aliphatic heterocycles. The van der Waals surface area contributed by atoms with Crippen molar-refractivity contribution in [1.29, 1.82) is 0 Å². The minimum Gasteiger partial charge on any atom is -0.393 e. The molecule has 0 aromatic heterocycles. The Balaban J connectivity index is 2.15. The SMILES string of the molecule is CCC(C(=O)N1CCCCC1CC(C)O)c1ccccc1. The number of aliphatic hydroxyl groups is 1. The van der Waals surface area contributed by atoms with Gasteiger partial charge in [-0.1, -0.05) is 37.3 Å². The van der Waals surface area contributed by atoms with Crippen molar-refractivity contribution >= 4 is 5.91 Å². The van der Waals surface area contributed by atoms with E-state index in [1.165, 1.54) is 0 Å². The molecule has 1 aromatic rings. The van der Waals surface area contributed by atoms with Gasteiger partial charge in [-0.15, -0.1) is 0 Å². The Bertz CT molecular complexity index is 444. The van der Waals surface area contributed by atoms with Gasteiger partial charge in [0.05, 0.1) is 12.0 Å². The fraction of sp³-hybridized carbons (Fsp3) is 0.611. The van der Waals surface area contributed by atoms with Gasteiger partial charge in [-0.2, -0.15) is 0 Å². The number of piperidine rings is 1. The summed E-state index contributed by atoms with van der Waals surface area (Å²) in [5.74, 6) is 0.176. The highest BCUT2D eigenvalue weighted by molar-refractivity contribution is 5.84. The number of rotatable bonds is 5. The van der Waals surface area contributed by atoms with E-state index in [2.05, 4.69) is 6.92 Å². The lowest BCUT2D eigenvalue weighted by Gasteiger charge is -2.38. The lowest BCUT2D eigenvalue weighted by atomic mass is 9.91. The summed E-state index contributed by atoms with van der Waals surface area (Å²) in [5.41, 5.74) is 1.10. The molecule has 116 valence electrons. The van der Waals surface area contributed by atoms with Gasteiger partial charge in [0.1, 0.15) is 0 Å². The summed E-state index contributed by atoms with van der Waals surface area (Å²) in [5, 5.41) is 9.68. The molecule has 3 heteroatoms. The Morgan fingerprint density at radius 2 is 2.05 bits per heavy atom. The van der Waals surface area contributed by atoms with Gasteiger partial charge in [-0.05, 0) is 44.6 Å². The minimum absolute atomic E-state index is 0.0548. The average molecular weight is 289 g/mol. The number of aliphatic hydroxyl groups excluding tert-OH is 1. The number of amides is 1. The van der Waals surface area contributed by atoms with Crippen LogP contribution in [0, 0.1) is 0 Å². The number of carbonyl (C=O) groups is 1. The van der Waals surface area contributed by atoms with E-state index in [0.717, 1.165) is 37.8 Å². The lowest BCUT2D eigenvalue weighted by Crippen LogP contribution is -2.46. The first-order valence-electron chi connectivity index (χ1n) is 8.17. The van der Waals surface area contributed by atoms with Crippen LogP contribution in [0.4, 0.5) is 0 Å². The van der Waals surface area contributed by atoms with Crippen molar-refractivity contribution in [3.63, 3.8) is 0 Å². The highest BCUT2D eigenvalue weighted by Crippen LogP contribution is 2.28. The Labute approximate surface area is 128 Å². The number of benzene rings is 1. The molecule has 0 aliphatic carbocycles. The van der Waals surface area contributed by atoms with Gasteiger partial charge in [-0.25, -0.2) is 0 Å². The van der Waals surface area contributed by atoms with Gasteiger partial charge < -0.3 is 10.0 Å². The van der Waals surface area contributed by atoms with E-state index in [1.807, 2.05) is 42.2 Å². The van der Waals surface area contributed by atoms with Crippen LogP contribution in [0.5, 0.6) is 0 Å². The van der Waals surface area contributed by atoms with Crippen LogP contribution in [0.3, 0.4) is 0 Å². The average Bonchev–Trinajstić information content (AvgIpc) is 2.49. The van der Waals surface area contributed by atoms with E-state index >= 15 is 0 Å². The molecular weight excluding hydrogens is 262 g/mol. The van der Waals surface area contributed by atoms with Crippen molar-refractivity contribution in [2.24, 2.45) is 0 Å². The van der Waals surface area contributed by atoms with Crippen LogP contribution in [-0.4, -0.2) is 34.6 Å². The van der Waals surface area contributed by atoms with Crippen LogP contribution in [0.15, 0.2) is 30.3 Å². The van der Waals surface area contributed by atoms with Gasteiger partial charge in [0.15, 0.2) is 0 Å². The molecule has 2 rings (SSSR count). The topological polar surface area (TPSA) is 40.5 Å². The standard InChI is InChI=1S/C18H27NO2/c1-3-17(15-9-5-4-6-10-15)18(21)19-12-8-7-11-16(19)13-14(2)20/h4-6,9-10,14,16-17,20H,3,7-8,11-13H2,1-2H3. The van der Waals surface area contributed by atoms with E-state index < -0.39 is 0 Å². The van der Waals surface area contributed by atoms with Crippen molar-refractivity contribution in [3.05, 3.63) is 35.9 Å². The first kappa shape index (κ1) is 16.0. The third-order valence-corrected chi connectivity index (χ3v) is 4.43. The molecule has 1 fully saturated rings. The minimum atomic E-state index is -0.347. The number of nitrogens with zero attached hydrogens (tertiary/aromatic N) is 1. The Kier molecular flexibility index (Phi) is 5.80. The van der Waals surface area contributed by atoms with Gasteiger partial charge in [0.25, 0.3) is 0 Å². The maximum Gasteiger partial charge on any atom is 0.230 e. The molecule has 1 aromatic carbocycles. The third kappa shape index (κ3) is 4.07. The summed E-state index contributed by atoms with van der Waals surface area (Å²) in [6, 6.07) is 10.3. The van der Waals surface area contributed by atoms with Gasteiger partial charge in [0.2, 0.25) is 5.91 Å². The monoisotopic (exact) mass is 289 g/mol. The van der Waals surface area contributed by atoms with Crippen LogP contribution in [0.1, 0.15) is 57.4 Å². The fourth-order valence-corrected chi connectivity index (χ4v) is 3.37. The molecule has 0 spiro atoms. The smallest absolute Gasteiger partial charge is 0.230 e. The predicted octanol–water partition coefficient (Wildman–Crippen LogP) is 3.33. The summed E-state index contributed by atoms with van der Waals surface area (Å²) in [6.45, 7) is 4.72. The van der Waals surface area contributed by atoms with Crippen LogP contribution in [-0.2, 0) is 4.79 Å². The zero-order valence-corrected chi connectivity index (χ0v) is 13.2. The molecule has 0 saturated carbocycles. The quantitative estimate of drug-likeness (QED) is 0.903. The van der Waals surface area contributed by atoms with Crippen molar-refractivity contribution in [2.45, 2.75) is 64.0 Å². The van der Waals surface area contributed by atoms with E-state index in [9.17, 15) is 9.90 Å². The third-order valence-electron chi connectivity index (χ3n) is 4.43. The Hall–Kier alpha value is -1.35. The fourth-order valence-electron chi connectivity index (χ4n) is 3.37. The van der Waals surface area contributed by atoms with Crippen LogP contribution in [0.2, 0.25) is 0 Å². The van der Waals surface area contributed by atoms with Crippen LogP contribution < -0.4 is 0 Å². The summed E-state index contributed by atoms with van der Waals surface area (Å²) in [7, 11) is 0. The predicted molar refractivity (Wildman–Crippen MR) is 85.1 cm³/mol. The van der Waals surface area contributed by atoms with Crippen molar-refractivity contribution in [3.8, 4) is 0 Å². The molecule has 0 radical (unpaired) electrons. The lowest BCUT2D eigenvalue weighted by molar-refractivity contribution is -0.137. The molecule has 3 unspecified atom stereocenters. The van der Waals surface area contributed by atoms with Crippen LogP contribution in [0.25, 0.3) is 0 Å². The van der Waals surface area contributed by atoms with E-state index in [4.69, 9.17) is 0 Å². The molecule has 1 aliphatic rings. The summed E-state index contributed by atoms with van der Waals surface area (Å²) in [4.78, 5) is 15.0. The van der Waals surface area contributed by atoms with Gasteiger partial charge in [-0.3, -0.25) is 4.79 Å². The number of hydrogen-bond donors (Lipinski definition) is 1. The van der Waals surface area contributed by atoms with E-state index in [1.54, 1.807) is 0 Å². The first-order chi connectivity index (χ1) is 10.1. The molecule has 1 saturated heterocycles. The molecular formula is C18H27NO2. The Morgan fingerprint density at radius 3 is 2.67 bits per heavy atom. The van der Waals surface area contributed by atoms with Crippen molar-refractivity contribution < 1.29 is 9.90 Å². The maximum atomic E-state index is 13.0. The summed E-state index contributed by atoms with van der Waals surface area (Å²) < 4.78 is 0. The molecule has 21 heavy (non-hydrogen) atoms. The number of hydrogen-bond acceptors (Lipinski definition) is 2. The molecule has 1 N–H and O–H groups in total. The van der Waals surface area contributed by atoms with Gasteiger partial charge >= 0.3 is 0 Å². The normalized spacial score (nSPS) is 21.9. The second-order valence-corrected chi connectivity index (χ2v) is 6.14. The number of carbonyl (C=O) groups excluding carboxylic acids is 1. The van der Waals surface area contributed by atoms with E-state index in [-0.39, 0.29) is 24.0 Å². The zero-order chi connectivity index (χ0) is 15.2. The second-order valence-electron chi connectivity index (χ2n) is 6.14. The molecule has 1 amide bonds. The summed E-state index contributed by atoms with van der Waals surface area (Å²) >= 11 is 0. The molecule has 3 atom stereocenters. The highest BCUT2D eigenvalue weighted by atomic mass is 16.3. The molecule has 1 heterocycles. The van der Waals surface area contributed by atoms with Crippen molar-refractivity contribution in [2.75, 3.05) is 6.54 Å². The number of likely N-dealkylation sites (tertiary alicyclic amines) is 1. The second kappa shape index (κ2) is 7.60. The zero-order valence-electron chi connectivity index (χ0n) is 13.2. The van der Waals surface area contributed by atoms with E-state index in [0.29, 0.717) is 6.42 Å². The van der Waals surface area contributed by atoms with Crippen LogP contribution >= 0.6 is 0 Å². The first-order valence-corrected chi connectivity index (χ1v) is 8.17. The highest BCUT2D eigenvalue weighted by Gasteiger charge is 2.31. The summed E-state index contributed by atoms with van der Waals surface area (Å²) in [6.07, 6.45) is 4.41. The maximum absolute atomic E-state index is 13.0. The Morgan fingerprint density at radius 1 is 1.33 bits per heavy atom. The van der Waals surface area contributed by atoms with Crippen molar-refractivity contribution in [1.82, 2.24) is 4.90 Å². The molecule has 0 bridgehead atoms. The molecule has 3 nitrogen and oxygen atoms in total. The largest absolute Gasteiger partial charge is 0.393 e. The van der Waals surface area contributed by atoms with Gasteiger partial charge in [0, 0.05) is 12.6 Å².